The van der Waals surface area contributed by atoms with E-state index in [0.717, 1.165) is 0 Å². The second-order valence-corrected chi connectivity index (χ2v) is 5.05. The topological polar surface area (TPSA) is 101 Å². The molecule has 0 bridgehead atoms. The summed E-state index contributed by atoms with van der Waals surface area (Å²) in [6.45, 7) is -0.415. The van der Waals surface area contributed by atoms with Gasteiger partial charge in [-0.05, 0) is 24.3 Å². The maximum Gasteiger partial charge on any atom is 0.248 e. The van der Waals surface area contributed by atoms with Crippen LogP contribution in [-0.4, -0.2) is 20.9 Å². The number of hydrazine groups is 1. The van der Waals surface area contributed by atoms with Crippen molar-refractivity contribution in [2.45, 2.75) is 4.90 Å². The van der Waals surface area contributed by atoms with Crippen LogP contribution in [0.3, 0.4) is 0 Å². The Labute approximate surface area is 97.8 Å². The van der Waals surface area contributed by atoms with Gasteiger partial charge in [0.1, 0.15) is 0 Å². The van der Waals surface area contributed by atoms with Crippen molar-refractivity contribution >= 4 is 27.5 Å². The van der Waals surface area contributed by atoms with Crippen molar-refractivity contribution in [1.82, 2.24) is 10.1 Å². The summed E-state index contributed by atoms with van der Waals surface area (Å²) in [5, 5.41) is 0.429. The van der Waals surface area contributed by atoms with E-state index in [0.29, 0.717) is 5.02 Å². The third-order valence-electron chi connectivity index (χ3n) is 1.71. The van der Waals surface area contributed by atoms with Gasteiger partial charge >= 0.3 is 0 Å². The van der Waals surface area contributed by atoms with Gasteiger partial charge in [0.05, 0.1) is 11.4 Å². The van der Waals surface area contributed by atoms with Crippen LogP contribution in [0.15, 0.2) is 29.2 Å². The fourth-order valence-electron chi connectivity index (χ4n) is 0.909. The highest BCUT2D eigenvalue weighted by Gasteiger charge is 2.14. The smallest absolute Gasteiger partial charge is 0.248 e. The van der Waals surface area contributed by atoms with Crippen LogP contribution in [0.25, 0.3) is 0 Å². The Morgan fingerprint density at radius 3 is 2.38 bits per heavy atom. The number of nitrogens with two attached hydrogens (primary N) is 1. The molecule has 0 aliphatic rings. The Bertz CT molecular complexity index is 472. The molecule has 0 aliphatic heterocycles. The average molecular weight is 264 g/mol. The van der Waals surface area contributed by atoms with Gasteiger partial charge in [-0.3, -0.25) is 10.2 Å². The molecule has 1 amide bonds. The Balaban J connectivity index is 2.78. The van der Waals surface area contributed by atoms with Crippen LogP contribution in [-0.2, 0) is 14.8 Å². The van der Waals surface area contributed by atoms with Gasteiger partial charge in [0, 0.05) is 5.02 Å². The fourth-order valence-corrected chi connectivity index (χ4v) is 2.02. The molecular weight excluding hydrogens is 254 g/mol. The number of rotatable bonds is 4. The number of carbonyl (C=O) groups is 1. The predicted octanol–water partition coefficient (Wildman–Crippen LogP) is -0.392. The van der Waals surface area contributed by atoms with E-state index in [-0.39, 0.29) is 4.90 Å². The molecule has 0 radical (unpaired) electrons. The largest absolute Gasteiger partial charge is 0.293 e. The molecule has 6 nitrogen and oxygen atoms in total. The molecule has 1 aromatic rings. The lowest BCUT2D eigenvalue weighted by molar-refractivity contribution is -0.120. The molecule has 1 aromatic carbocycles. The van der Waals surface area contributed by atoms with Crippen LogP contribution < -0.4 is 16.0 Å². The minimum Gasteiger partial charge on any atom is -0.293 e. The van der Waals surface area contributed by atoms with Crippen LogP contribution in [0.5, 0.6) is 0 Å². The predicted molar refractivity (Wildman–Crippen MR) is 59.0 cm³/mol. The van der Waals surface area contributed by atoms with Gasteiger partial charge in [-0.1, -0.05) is 11.6 Å². The van der Waals surface area contributed by atoms with E-state index in [4.69, 9.17) is 17.4 Å². The first-order valence-corrected chi connectivity index (χ1v) is 6.06. The molecule has 88 valence electrons. The molecule has 0 aliphatic carbocycles. The molecule has 0 saturated heterocycles. The van der Waals surface area contributed by atoms with Crippen molar-refractivity contribution in [3.05, 3.63) is 29.3 Å². The van der Waals surface area contributed by atoms with Crippen molar-refractivity contribution in [3.8, 4) is 0 Å². The van der Waals surface area contributed by atoms with Crippen LogP contribution in [0.2, 0.25) is 5.02 Å². The third kappa shape index (κ3) is 3.46. The Kier molecular flexibility index (Phi) is 4.25. The lowest BCUT2D eigenvalue weighted by atomic mass is 10.4. The van der Waals surface area contributed by atoms with Gasteiger partial charge < -0.3 is 0 Å². The summed E-state index contributed by atoms with van der Waals surface area (Å²) in [6.07, 6.45) is 0. The number of carbonyl (C=O) groups excluding carboxylic acids is 1. The summed E-state index contributed by atoms with van der Waals surface area (Å²) in [7, 11) is -3.71. The second kappa shape index (κ2) is 5.26. The lowest BCUT2D eigenvalue weighted by Crippen LogP contribution is -2.40. The zero-order valence-electron chi connectivity index (χ0n) is 8.10. The molecule has 16 heavy (non-hydrogen) atoms. The number of amides is 1. The Morgan fingerprint density at radius 1 is 1.31 bits per heavy atom. The molecule has 0 spiro atoms. The Hall–Kier alpha value is -1.15. The standard InChI is InChI=1S/C8H10ClN3O3S/c9-6-1-3-7(4-2-6)16(14,15)11-5-8(13)12-10/h1-4,11H,5,10H2,(H,12,13). The molecule has 0 aromatic heterocycles. The van der Waals surface area contributed by atoms with Gasteiger partial charge in [0.15, 0.2) is 0 Å². The molecule has 0 heterocycles. The molecular formula is C8H10ClN3O3S. The van der Waals surface area contributed by atoms with E-state index in [1.54, 1.807) is 0 Å². The van der Waals surface area contributed by atoms with Crippen LogP contribution >= 0.6 is 11.6 Å². The van der Waals surface area contributed by atoms with E-state index in [2.05, 4.69) is 4.72 Å². The van der Waals surface area contributed by atoms with Gasteiger partial charge in [-0.2, -0.15) is 0 Å². The van der Waals surface area contributed by atoms with Gasteiger partial charge in [-0.15, -0.1) is 0 Å². The van der Waals surface area contributed by atoms with Crippen molar-refractivity contribution in [2.24, 2.45) is 5.84 Å². The minimum absolute atomic E-state index is 0.0294. The van der Waals surface area contributed by atoms with Crippen molar-refractivity contribution in [1.29, 1.82) is 0 Å². The molecule has 0 saturated carbocycles. The summed E-state index contributed by atoms with van der Waals surface area (Å²) < 4.78 is 25.3. The molecule has 0 unspecified atom stereocenters. The zero-order valence-corrected chi connectivity index (χ0v) is 9.68. The first-order valence-electron chi connectivity index (χ1n) is 4.20. The van der Waals surface area contributed by atoms with Crippen LogP contribution in [0, 0.1) is 0 Å². The maximum absolute atomic E-state index is 11.6. The summed E-state index contributed by atoms with van der Waals surface area (Å²) in [5.41, 5.74) is 1.81. The quantitative estimate of drug-likeness (QED) is 0.391. The van der Waals surface area contributed by atoms with E-state index in [1.165, 1.54) is 24.3 Å². The molecule has 4 N–H and O–H groups in total. The normalized spacial score (nSPS) is 11.1. The maximum atomic E-state index is 11.6. The second-order valence-electron chi connectivity index (χ2n) is 2.85. The van der Waals surface area contributed by atoms with Crippen LogP contribution in [0.1, 0.15) is 0 Å². The monoisotopic (exact) mass is 263 g/mol. The first kappa shape index (κ1) is 12.9. The van der Waals surface area contributed by atoms with Crippen molar-refractivity contribution < 1.29 is 13.2 Å². The van der Waals surface area contributed by atoms with Gasteiger partial charge in [-0.25, -0.2) is 19.0 Å². The summed E-state index contributed by atoms with van der Waals surface area (Å²) in [5.74, 6) is 4.18. The summed E-state index contributed by atoms with van der Waals surface area (Å²) >= 11 is 5.62. The highest BCUT2D eigenvalue weighted by molar-refractivity contribution is 7.89. The molecule has 0 atom stereocenters. The lowest BCUT2D eigenvalue weighted by Gasteiger charge is -2.05. The number of halogens is 1. The molecule has 1 rings (SSSR count). The van der Waals surface area contributed by atoms with E-state index in [1.807, 2.05) is 5.43 Å². The minimum atomic E-state index is -3.71. The summed E-state index contributed by atoms with van der Waals surface area (Å²) in [4.78, 5) is 10.8. The van der Waals surface area contributed by atoms with Crippen molar-refractivity contribution in [2.75, 3.05) is 6.54 Å². The highest BCUT2D eigenvalue weighted by atomic mass is 35.5. The fraction of sp³-hybridized carbons (Fsp3) is 0.125. The SMILES string of the molecule is NNC(=O)CNS(=O)(=O)c1ccc(Cl)cc1. The average Bonchev–Trinajstić information content (AvgIpc) is 2.26. The first-order chi connectivity index (χ1) is 7.45. The number of benzene rings is 1. The highest BCUT2D eigenvalue weighted by Crippen LogP contribution is 2.13. The summed E-state index contributed by atoms with van der Waals surface area (Å²) in [6, 6.07) is 5.56. The molecule has 0 fully saturated rings. The van der Waals surface area contributed by atoms with Crippen molar-refractivity contribution in [3.63, 3.8) is 0 Å². The van der Waals surface area contributed by atoms with E-state index < -0.39 is 22.5 Å². The number of nitrogens with one attached hydrogen (secondary N) is 2. The number of hydrogen-bond donors (Lipinski definition) is 3. The van der Waals surface area contributed by atoms with E-state index in [9.17, 15) is 13.2 Å². The zero-order chi connectivity index (χ0) is 12.2. The molecule has 8 heteroatoms. The van der Waals surface area contributed by atoms with Gasteiger partial charge in [0.2, 0.25) is 15.9 Å². The van der Waals surface area contributed by atoms with E-state index >= 15 is 0 Å². The number of sulfonamides is 1. The number of hydrogen-bond acceptors (Lipinski definition) is 4. The van der Waals surface area contributed by atoms with Gasteiger partial charge in [0.25, 0.3) is 0 Å². The Morgan fingerprint density at radius 2 is 1.88 bits per heavy atom. The van der Waals surface area contributed by atoms with Crippen LogP contribution in [0.4, 0.5) is 0 Å². The third-order valence-corrected chi connectivity index (χ3v) is 3.38.